The zero-order chi connectivity index (χ0) is 15.0. The maximum absolute atomic E-state index is 11.8. The minimum atomic E-state index is 0. The first-order chi connectivity index (χ1) is 9.56. The molecule has 5 nitrogen and oxygen atoms in total. The number of rotatable bonds is 8. The lowest BCUT2D eigenvalue weighted by atomic mass is 10.1. The maximum Gasteiger partial charge on any atom is 0.224 e. The molecule has 0 saturated carbocycles. The lowest BCUT2D eigenvalue weighted by Gasteiger charge is -2.35. The molecular formula is C15H35Cl3N4O. The molecule has 0 aromatic heterocycles. The SMILES string of the molecule is CCN1CCN(CC(C)CNC(=O)C(C)CNC)CC1.Cl.Cl.Cl. The van der Waals surface area contributed by atoms with E-state index >= 15 is 0 Å². The first-order valence-electron chi connectivity index (χ1n) is 7.93. The van der Waals surface area contributed by atoms with E-state index in [4.69, 9.17) is 0 Å². The predicted molar refractivity (Wildman–Crippen MR) is 106 cm³/mol. The predicted octanol–water partition coefficient (Wildman–Crippen LogP) is 1.50. The summed E-state index contributed by atoms with van der Waals surface area (Å²) < 4.78 is 0. The van der Waals surface area contributed by atoms with Crippen LogP contribution in [0.2, 0.25) is 0 Å². The molecule has 8 heteroatoms. The second-order valence-electron chi connectivity index (χ2n) is 6.04. The Balaban J connectivity index is -0.00000133. The molecule has 1 aliphatic heterocycles. The monoisotopic (exact) mass is 392 g/mol. The highest BCUT2D eigenvalue weighted by Crippen LogP contribution is 2.05. The molecule has 1 rings (SSSR count). The molecule has 0 aliphatic carbocycles. The van der Waals surface area contributed by atoms with Gasteiger partial charge in [0.15, 0.2) is 0 Å². The largest absolute Gasteiger partial charge is 0.356 e. The van der Waals surface area contributed by atoms with Crippen molar-refractivity contribution in [3.05, 3.63) is 0 Å². The lowest BCUT2D eigenvalue weighted by Crippen LogP contribution is -2.48. The van der Waals surface area contributed by atoms with Crippen LogP contribution in [0.25, 0.3) is 0 Å². The fourth-order valence-corrected chi connectivity index (χ4v) is 2.64. The van der Waals surface area contributed by atoms with Crippen LogP contribution in [-0.2, 0) is 4.79 Å². The Bertz CT molecular complexity index is 290. The van der Waals surface area contributed by atoms with Crippen molar-refractivity contribution >= 4 is 43.1 Å². The Morgan fingerprint density at radius 1 is 1.00 bits per heavy atom. The van der Waals surface area contributed by atoms with E-state index in [1.165, 1.54) is 13.1 Å². The van der Waals surface area contributed by atoms with Crippen molar-refractivity contribution in [3.63, 3.8) is 0 Å². The Hall–Kier alpha value is 0.220. The number of halogens is 3. The van der Waals surface area contributed by atoms with Gasteiger partial charge in [0.05, 0.1) is 0 Å². The van der Waals surface area contributed by atoms with Gasteiger partial charge in [0.25, 0.3) is 0 Å². The molecule has 1 amide bonds. The van der Waals surface area contributed by atoms with Gasteiger partial charge in [-0.2, -0.15) is 0 Å². The zero-order valence-electron chi connectivity index (χ0n) is 14.8. The quantitative estimate of drug-likeness (QED) is 0.656. The molecule has 142 valence electrons. The molecule has 0 aromatic carbocycles. The molecular weight excluding hydrogens is 359 g/mol. The molecule has 2 atom stereocenters. The third-order valence-corrected chi connectivity index (χ3v) is 4.06. The van der Waals surface area contributed by atoms with E-state index in [0.29, 0.717) is 5.92 Å². The summed E-state index contributed by atoms with van der Waals surface area (Å²) in [6.07, 6.45) is 0. The van der Waals surface area contributed by atoms with Crippen molar-refractivity contribution in [1.82, 2.24) is 20.4 Å². The van der Waals surface area contributed by atoms with Crippen LogP contribution in [0.4, 0.5) is 0 Å². The van der Waals surface area contributed by atoms with E-state index in [0.717, 1.165) is 39.3 Å². The summed E-state index contributed by atoms with van der Waals surface area (Å²) in [4.78, 5) is 16.8. The van der Waals surface area contributed by atoms with Crippen molar-refractivity contribution in [1.29, 1.82) is 0 Å². The molecule has 1 heterocycles. The van der Waals surface area contributed by atoms with Crippen molar-refractivity contribution in [2.24, 2.45) is 11.8 Å². The third kappa shape index (κ3) is 11.4. The average molecular weight is 394 g/mol. The number of piperazine rings is 1. The summed E-state index contributed by atoms with van der Waals surface area (Å²) in [6.45, 7) is 14.8. The Kier molecular flexibility index (Phi) is 19.2. The van der Waals surface area contributed by atoms with E-state index in [-0.39, 0.29) is 49.0 Å². The second kappa shape index (κ2) is 15.7. The number of carbonyl (C=O) groups is 1. The van der Waals surface area contributed by atoms with Crippen molar-refractivity contribution < 1.29 is 4.79 Å². The molecule has 2 unspecified atom stereocenters. The summed E-state index contributed by atoms with van der Waals surface area (Å²) in [5, 5.41) is 6.10. The van der Waals surface area contributed by atoms with Crippen LogP contribution < -0.4 is 10.6 Å². The van der Waals surface area contributed by atoms with Crippen molar-refractivity contribution in [2.45, 2.75) is 20.8 Å². The molecule has 23 heavy (non-hydrogen) atoms. The van der Waals surface area contributed by atoms with Gasteiger partial charge < -0.3 is 20.4 Å². The zero-order valence-corrected chi connectivity index (χ0v) is 17.3. The minimum Gasteiger partial charge on any atom is -0.356 e. The number of hydrogen-bond acceptors (Lipinski definition) is 4. The van der Waals surface area contributed by atoms with Crippen LogP contribution in [0.3, 0.4) is 0 Å². The molecule has 0 bridgehead atoms. The van der Waals surface area contributed by atoms with Gasteiger partial charge in [-0.25, -0.2) is 0 Å². The molecule has 0 radical (unpaired) electrons. The van der Waals surface area contributed by atoms with Crippen LogP contribution in [-0.4, -0.2) is 75.1 Å². The van der Waals surface area contributed by atoms with Crippen LogP contribution >= 0.6 is 37.2 Å². The van der Waals surface area contributed by atoms with Crippen LogP contribution in [0, 0.1) is 11.8 Å². The van der Waals surface area contributed by atoms with Gasteiger partial charge in [-0.05, 0) is 19.5 Å². The lowest BCUT2D eigenvalue weighted by molar-refractivity contribution is -0.124. The number of hydrogen-bond donors (Lipinski definition) is 2. The summed E-state index contributed by atoms with van der Waals surface area (Å²) >= 11 is 0. The number of nitrogens with zero attached hydrogens (tertiary/aromatic N) is 2. The van der Waals surface area contributed by atoms with Crippen molar-refractivity contribution in [3.8, 4) is 0 Å². The molecule has 1 fully saturated rings. The normalized spacial score (nSPS) is 17.9. The van der Waals surface area contributed by atoms with E-state index < -0.39 is 0 Å². The van der Waals surface area contributed by atoms with E-state index in [2.05, 4.69) is 34.3 Å². The highest BCUT2D eigenvalue weighted by molar-refractivity contribution is 5.86. The molecule has 0 spiro atoms. The Morgan fingerprint density at radius 2 is 1.52 bits per heavy atom. The van der Waals surface area contributed by atoms with Gasteiger partial charge in [0.2, 0.25) is 5.91 Å². The topological polar surface area (TPSA) is 47.6 Å². The molecule has 1 saturated heterocycles. The fraction of sp³-hybridized carbons (Fsp3) is 0.933. The molecule has 1 aliphatic rings. The van der Waals surface area contributed by atoms with Gasteiger partial charge in [-0.15, -0.1) is 37.2 Å². The standard InChI is InChI=1S/C15H32N4O.3ClH/c1-5-18-6-8-19(9-7-18)12-13(2)10-17-15(20)14(3)11-16-4;;;/h13-14,16H,5-12H2,1-4H3,(H,17,20);3*1H. The highest BCUT2D eigenvalue weighted by Gasteiger charge is 2.18. The van der Waals surface area contributed by atoms with E-state index in [1.54, 1.807) is 0 Å². The summed E-state index contributed by atoms with van der Waals surface area (Å²) in [5.41, 5.74) is 0. The van der Waals surface area contributed by atoms with Gasteiger partial charge in [0, 0.05) is 51.7 Å². The first kappa shape index (κ1) is 28.0. The Labute approximate surface area is 160 Å². The number of nitrogens with one attached hydrogen (secondary N) is 2. The average Bonchev–Trinajstić information content (AvgIpc) is 2.45. The maximum atomic E-state index is 11.8. The summed E-state index contributed by atoms with van der Waals surface area (Å²) in [7, 11) is 1.88. The minimum absolute atomic E-state index is 0. The smallest absolute Gasteiger partial charge is 0.224 e. The van der Waals surface area contributed by atoms with Crippen LogP contribution in [0.5, 0.6) is 0 Å². The van der Waals surface area contributed by atoms with Gasteiger partial charge in [-0.3, -0.25) is 4.79 Å². The van der Waals surface area contributed by atoms with Gasteiger partial charge >= 0.3 is 0 Å². The Morgan fingerprint density at radius 3 is 2.00 bits per heavy atom. The number of carbonyl (C=O) groups excluding carboxylic acids is 1. The van der Waals surface area contributed by atoms with Crippen molar-refractivity contribution in [2.75, 3.05) is 59.4 Å². The molecule has 2 N–H and O–H groups in total. The van der Waals surface area contributed by atoms with Crippen LogP contribution in [0.1, 0.15) is 20.8 Å². The number of likely N-dealkylation sites (N-methyl/N-ethyl adjacent to an activating group) is 1. The highest BCUT2D eigenvalue weighted by atomic mass is 35.5. The van der Waals surface area contributed by atoms with E-state index in [1.807, 2.05) is 14.0 Å². The number of amides is 1. The van der Waals surface area contributed by atoms with Gasteiger partial charge in [-0.1, -0.05) is 20.8 Å². The molecule has 0 aromatic rings. The first-order valence-corrected chi connectivity index (χ1v) is 7.93. The van der Waals surface area contributed by atoms with Crippen LogP contribution in [0.15, 0.2) is 0 Å². The second-order valence-corrected chi connectivity index (χ2v) is 6.04. The van der Waals surface area contributed by atoms with E-state index in [9.17, 15) is 4.79 Å². The van der Waals surface area contributed by atoms with Gasteiger partial charge in [0.1, 0.15) is 0 Å². The third-order valence-electron chi connectivity index (χ3n) is 4.06. The fourth-order valence-electron chi connectivity index (χ4n) is 2.64. The summed E-state index contributed by atoms with van der Waals surface area (Å²) in [5.74, 6) is 0.705. The summed E-state index contributed by atoms with van der Waals surface area (Å²) in [6, 6.07) is 0.